The molecule has 1 saturated heterocycles. The van der Waals surface area contributed by atoms with Gasteiger partial charge in [0.15, 0.2) is 5.82 Å². The Morgan fingerprint density at radius 2 is 2.03 bits per heavy atom. The standard InChI is InChI=1S/C22H24F2N6O3/c1-12-21(32)28-19-15(26-12)4-3-13(18(19)23)9-29-7-8-30(10-14(29)11-31)17-6-5-16(22(33)25-2)27-20(17)24/h3-6,14,31H,7-11H2,1-2H3,(H,25,33)(H,28,32)/t14-/m0/s1. The average molecular weight is 458 g/mol. The summed E-state index contributed by atoms with van der Waals surface area (Å²) in [6.07, 6.45) is 0. The lowest BCUT2D eigenvalue weighted by atomic mass is 10.1. The Hall–Kier alpha value is -3.44. The number of rotatable bonds is 5. The molecule has 0 unspecified atom stereocenters. The summed E-state index contributed by atoms with van der Waals surface area (Å²) in [4.78, 5) is 37.6. The van der Waals surface area contributed by atoms with Crippen LogP contribution in [0.15, 0.2) is 29.1 Å². The molecule has 0 aliphatic carbocycles. The molecule has 0 bridgehead atoms. The van der Waals surface area contributed by atoms with E-state index in [0.717, 1.165) is 0 Å². The molecule has 3 N–H and O–H groups in total. The van der Waals surface area contributed by atoms with Crippen molar-refractivity contribution in [3.05, 3.63) is 63.3 Å². The van der Waals surface area contributed by atoms with Gasteiger partial charge in [-0.3, -0.25) is 14.5 Å². The van der Waals surface area contributed by atoms with E-state index in [-0.39, 0.29) is 41.8 Å². The number of aliphatic hydroxyl groups excluding tert-OH is 1. The molecule has 11 heteroatoms. The number of halogens is 2. The van der Waals surface area contributed by atoms with Crippen molar-refractivity contribution in [2.24, 2.45) is 0 Å². The van der Waals surface area contributed by atoms with Gasteiger partial charge in [-0.1, -0.05) is 6.07 Å². The molecule has 1 atom stereocenters. The highest BCUT2D eigenvalue weighted by Gasteiger charge is 2.29. The molecule has 1 aliphatic heterocycles. The van der Waals surface area contributed by atoms with Gasteiger partial charge < -0.3 is 20.3 Å². The first kappa shape index (κ1) is 22.7. The van der Waals surface area contributed by atoms with E-state index in [1.54, 1.807) is 24.0 Å². The number of amides is 1. The van der Waals surface area contributed by atoms with E-state index in [0.29, 0.717) is 30.7 Å². The van der Waals surface area contributed by atoms with E-state index < -0.39 is 23.2 Å². The summed E-state index contributed by atoms with van der Waals surface area (Å²) in [5.74, 6) is -1.81. The third-order valence-electron chi connectivity index (χ3n) is 5.87. The molecule has 1 aromatic carbocycles. The molecule has 0 spiro atoms. The van der Waals surface area contributed by atoms with E-state index in [9.17, 15) is 19.1 Å². The fraction of sp³-hybridized carbons (Fsp3) is 0.364. The monoisotopic (exact) mass is 458 g/mol. The summed E-state index contributed by atoms with van der Waals surface area (Å²) in [5.41, 5.74) is 0.794. The Balaban J connectivity index is 1.53. The van der Waals surface area contributed by atoms with Crippen LogP contribution in [0.2, 0.25) is 0 Å². The molecule has 9 nitrogen and oxygen atoms in total. The first-order valence-electron chi connectivity index (χ1n) is 10.5. The van der Waals surface area contributed by atoms with Crippen LogP contribution < -0.4 is 15.8 Å². The Morgan fingerprint density at radius 3 is 2.73 bits per heavy atom. The molecule has 1 aliphatic rings. The summed E-state index contributed by atoms with van der Waals surface area (Å²) in [6.45, 7) is 2.69. The number of benzene rings is 1. The van der Waals surface area contributed by atoms with Crippen molar-refractivity contribution in [2.45, 2.75) is 19.5 Å². The Bertz CT molecular complexity index is 1260. The zero-order valence-corrected chi connectivity index (χ0v) is 18.2. The molecule has 174 valence electrons. The third kappa shape index (κ3) is 4.41. The minimum atomic E-state index is -0.770. The maximum absolute atomic E-state index is 15.1. The third-order valence-corrected chi connectivity index (χ3v) is 5.87. The van der Waals surface area contributed by atoms with Gasteiger partial charge in [0.1, 0.15) is 16.9 Å². The normalized spacial score (nSPS) is 16.9. The van der Waals surface area contributed by atoms with Crippen molar-refractivity contribution in [1.29, 1.82) is 0 Å². The van der Waals surface area contributed by atoms with Crippen LogP contribution in [0.1, 0.15) is 21.7 Å². The van der Waals surface area contributed by atoms with E-state index >= 15 is 4.39 Å². The molecular weight excluding hydrogens is 434 g/mol. The lowest BCUT2D eigenvalue weighted by Crippen LogP contribution is -2.54. The first-order chi connectivity index (χ1) is 15.8. The van der Waals surface area contributed by atoms with Gasteiger partial charge in [0.2, 0.25) is 5.95 Å². The van der Waals surface area contributed by atoms with Crippen molar-refractivity contribution in [2.75, 3.05) is 38.2 Å². The maximum Gasteiger partial charge on any atom is 0.269 e. The number of anilines is 1. The number of hydrogen-bond donors (Lipinski definition) is 3. The number of aromatic amines is 1. The number of fused-ring (bicyclic) bond motifs is 1. The molecular formula is C22H24F2N6O3. The molecule has 4 rings (SSSR count). The quantitative estimate of drug-likeness (QED) is 0.488. The maximum atomic E-state index is 15.1. The van der Waals surface area contributed by atoms with Crippen LogP contribution in [0.4, 0.5) is 14.5 Å². The number of H-pyrrole nitrogens is 1. The van der Waals surface area contributed by atoms with Crippen LogP contribution in [0.5, 0.6) is 0 Å². The summed E-state index contributed by atoms with van der Waals surface area (Å²) in [7, 11) is 1.44. The van der Waals surface area contributed by atoms with Crippen LogP contribution in [-0.4, -0.2) is 70.2 Å². The molecule has 3 heterocycles. The Labute approximate surface area is 188 Å². The Morgan fingerprint density at radius 1 is 1.24 bits per heavy atom. The van der Waals surface area contributed by atoms with Gasteiger partial charge in [-0.2, -0.15) is 4.39 Å². The zero-order chi connectivity index (χ0) is 23.7. The highest BCUT2D eigenvalue weighted by Crippen LogP contribution is 2.25. The number of carbonyl (C=O) groups excluding carboxylic acids is 1. The van der Waals surface area contributed by atoms with Crippen LogP contribution >= 0.6 is 0 Å². The summed E-state index contributed by atoms with van der Waals surface area (Å²) in [5, 5.41) is 12.3. The fourth-order valence-corrected chi connectivity index (χ4v) is 4.01. The lowest BCUT2D eigenvalue weighted by molar-refractivity contribution is 0.0957. The smallest absolute Gasteiger partial charge is 0.269 e. The summed E-state index contributed by atoms with van der Waals surface area (Å²) >= 11 is 0. The predicted octanol–water partition coefficient (Wildman–Crippen LogP) is 0.947. The molecule has 33 heavy (non-hydrogen) atoms. The molecule has 1 amide bonds. The van der Waals surface area contributed by atoms with E-state index in [1.807, 2.05) is 4.90 Å². The zero-order valence-electron chi connectivity index (χ0n) is 18.2. The number of nitrogens with one attached hydrogen (secondary N) is 2. The largest absolute Gasteiger partial charge is 0.395 e. The second-order valence-corrected chi connectivity index (χ2v) is 7.92. The van der Waals surface area contributed by atoms with Crippen LogP contribution in [-0.2, 0) is 6.54 Å². The molecule has 2 aromatic heterocycles. The second kappa shape index (κ2) is 9.20. The van der Waals surface area contributed by atoms with Crippen LogP contribution in [0.3, 0.4) is 0 Å². The minimum Gasteiger partial charge on any atom is -0.395 e. The summed E-state index contributed by atoms with van der Waals surface area (Å²) < 4.78 is 29.7. The van der Waals surface area contributed by atoms with Crippen molar-refractivity contribution < 1.29 is 18.7 Å². The number of nitrogens with zero attached hydrogens (tertiary/aromatic N) is 4. The van der Waals surface area contributed by atoms with Gasteiger partial charge in [0.05, 0.1) is 23.9 Å². The SMILES string of the molecule is CNC(=O)c1ccc(N2CCN(Cc3ccc4nc(C)c(=O)[nH]c4c3F)[C@H](CO)C2)c(F)n1. The van der Waals surface area contributed by atoms with Crippen molar-refractivity contribution in [3.8, 4) is 0 Å². The molecule has 3 aromatic rings. The highest BCUT2D eigenvalue weighted by molar-refractivity contribution is 5.92. The van der Waals surface area contributed by atoms with Gasteiger partial charge in [0, 0.05) is 38.8 Å². The number of aliphatic hydroxyl groups is 1. The lowest BCUT2D eigenvalue weighted by Gasteiger charge is -2.41. The predicted molar refractivity (Wildman–Crippen MR) is 118 cm³/mol. The van der Waals surface area contributed by atoms with Crippen LogP contribution in [0.25, 0.3) is 11.0 Å². The van der Waals surface area contributed by atoms with E-state index in [2.05, 4.69) is 20.3 Å². The topological polar surface area (TPSA) is 114 Å². The van der Waals surface area contributed by atoms with E-state index in [4.69, 9.17) is 0 Å². The average Bonchev–Trinajstić information content (AvgIpc) is 2.82. The van der Waals surface area contributed by atoms with Gasteiger partial charge in [-0.25, -0.2) is 14.4 Å². The van der Waals surface area contributed by atoms with E-state index in [1.165, 1.54) is 19.2 Å². The Kier molecular flexibility index (Phi) is 6.34. The number of piperazine rings is 1. The minimum absolute atomic E-state index is 0.0226. The van der Waals surface area contributed by atoms with Gasteiger partial charge in [0.25, 0.3) is 11.5 Å². The highest BCUT2D eigenvalue weighted by atomic mass is 19.1. The van der Waals surface area contributed by atoms with Gasteiger partial charge in [-0.15, -0.1) is 0 Å². The van der Waals surface area contributed by atoms with Gasteiger partial charge in [-0.05, 0) is 25.1 Å². The second-order valence-electron chi connectivity index (χ2n) is 7.92. The number of carbonyl (C=O) groups is 1. The molecule has 0 saturated carbocycles. The molecule has 1 fully saturated rings. The number of hydrogen-bond acceptors (Lipinski definition) is 7. The number of aryl methyl sites for hydroxylation is 1. The van der Waals surface area contributed by atoms with Crippen molar-refractivity contribution in [1.82, 2.24) is 25.2 Å². The number of pyridine rings is 1. The fourth-order valence-electron chi connectivity index (χ4n) is 4.01. The summed E-state index contributed by atoms with van der Waals surface area (Å²) in [6, 6.07) is 5.81. The van der Waals surface area contributed by atoms with Crippen molar-refractivity contribution in [3.63, 3.8) is 0 Å². The first-order valence-corrected chi connectivity index (χ1v) is 10.5. The number of aromatic nitrogens is 3. The van der Waals surface area contributed by atoms with Crippen LogP contribution in [0, 0.1) is 18.7 Å². The van der Waals surface area contributed by atoms with Gasteiger partial charge >= 0.3 is 0 Å². The molecule has 0 radical (unpaired) electrons. The van der Waals surface area contributed by atoms with Crippen molar-refractivity contribution >= 4 is 22.6 Å².